The van der Waals surface area contributed by atoms with Gasteiger partial charge in [-0.15, -0.1) is 0 Å². The molecule has 0 spiro atoms. The molecule has 1 aliphatic rings. The zero-order valence-corrected chi connectivity index (χ0v) is 32.8. The van der Waals surface area contributed by atoms with Crippen LogP contribution in [0.5, 0.6) is 0 Å². The molecule has 16 heteroatoms. The zero-order chi connectivity index (χ0) is 40.3. The van der Waals surface area contributed by atoms with Gasteiger partial charge in [-0.2, -0.15) is 5.10 Å². The van der Waals surface area contributed by atoms with Crippen LogP contribution >= 0.6 is 11.6 Å². The molecule has 56 heavy (non-hydrogen) atoms. The van der Waals surface area contributed by atoms with Crippen molar-refractivity contribution in [3.05, 3.63) is 100 Å². The molecule has 3 amide bonds. The summed E-state index contributed by atoms with van der Waals surface area (Å²) in [6.07, 6.45) is 6.07. The van der Waals surface area contributed by atoms with E-state index < -0.39 is 17.5 Å². The maximum absolute atomic E-state index is 15.7. The number of rotatable bonds is 12. The quantitative estimate of drug-likeness (QED) is 0.171. The van der Waals surface area contributed by atoms with E-state index in [2.05, 4.69) is 34.5 Å². The maximum atomic E-state index is 15.7. The van der Waals surface area contributed by atoms with Gasteiger partial charge in [0, 0.05) is 74.1 Å². The summed E-state index contributed by atoms with van der Waals surface area (Å²) in [5.41, 5.74) is 8.60. The topological polar surface area (TPSA) is 149 Å². The van der Waals surface area contributed by atoms with Gasteiger partial charge in [-0.05, 0) is 49.7 Å². The Labute approximate surface area is 329 Å². The summed E-state index contributed by atoms with van der Waals surface area (Å²) in [5.74, 6) is -3.02. The molecule has 4 heterocycles. The van der Waals surface area contributed by atoms with E-state index in [4.69, 9.17) is 17.3 Å². The van der Waals surface area contributed by atoms with E-state index in [-0.39, 0.29) is 51.0 Å². The van der Waals surface area contributed by atoms with E-state index in [1.807, 2.05) is 11.8 Å². The van der Waals surface area contributed by atoms with E-state index in [9.17, 15) is 14.4 Å². The number of nitrogen functional groups attached to an aromatic ring is 1. The monoisotopic (exact) mass is 787 g/mol. The van der Waals surface area contributed by atoms with Gasteiger partial charge in [0.05, 0.1) is 72.9 Å². The summed E-state index contributed by atoms with van der Waals surface area (Å²) < 4.78 is 34.3. The number of hydrogen-bond donors (Lipinski definition) is 3. The molecule has 1 aliphatic heterocycles. The van der Waals surface area contributed by atoms with Crippen LogP contribution in [0.15, 0.2) is 61.1 Å². The zero-order valence-electron chi connectivity index (χ0n) is 32.1. The summed E-state index contributed by atoms with van der Waals surface area (Å²) in [5, 5.41) is 7.31. The maximum Gasteiger partial charge on any atom is 0.291 e. The van der Waals surface area contributed by atoms with Crippen molar-refractivity contribution in [3.8, 4) is 22.4 Å². The number of pyridine rings is 1. The number of benzene rings is 2. The number of imidazole rings is 1. The summed E-state index contributed by atoms with van der Waals surface area (Å²) in [6.45, 7) is 6.64. The lowest BCUT2D eigenvalue weighted by molar-refractivity contribution is -0.858. The van der Waals surface area contributed by atoms with Gasteiger partial charge in [0.25, 0.3) is 11.8 Å². The molecule has 5 aromatic rings. The number of hydrogen-bond acceptors (Lipinski definition) is 7. The second-order valence-corrected chi connectivity index (χ2v) is 14.7. The molecule has 1 unspecified atom stereocenters. The van der Waals surface area contributed by atoms with Crippen LogP contribution in [0, 0.1) is 24.5 Å². The molecule has 0 aliphatic carbocycles. The average molecular weight is 788 g/mol. The molecule has 13 nitrogen and oxygen atoms in total. The van der Waals surface area contributed by atoms with Crippen LogP contribution in [0.25, 0.3) is 22.4 Å². The van der Waals surface area contributed by atoms with Crippen molar-refractivity contribution in [2.45, 2.75) is 33.2 Å². The minimum Gasteiger partial charge on any atom is -0.397 e. The molecule has 1 fully saturated rings. The van der Waals surface area contributed by atoms with Crippen LogP contribution in [0.4, 0.5) is 20.2 Å². The number of anilines is 2. The van der Waals surface area contributed by atoms with Crippen molar-refractivity contribution in [2.24, 2.45) is 13.0 Å². The Morgan fingerprint density at radius 2 is 1.64 bits per heavy atom. The SMILES string of the molecule is CCC(CC[NH+](C)C)C(=O)N1CCN(C(=O)c2ccc(NC(=O)c3ncc(-c4ccc(-c5cn(Cc6ccc(N)cn6)nc5C)c(F)c4F)n3C)cc2Cl)CC1. The molecule has 3 aromatic heterocycles. The lowest BCUT2D eigenvalue weighted by Gasteiger charge is -2.36. The molecule has 1 saturated heterocycles. The Hall–Kier alpha value is -5.67. The van der Waals surface area contributed by atoms with Crippen LogP contribution in [-0.4, -0.2) is 98.7 Å². The predicted octanol–water partition coefficient (Wildman–Crippen LogP) is 4.31. The highest BCUT2D eigenvalue weighted by atomic mass is 35.5. The number of halogens is 3. The van der Waals surface area contributed by atoms with Crippen LogP contribution < -0.4 is 16.0 Å². The number of quaternary nitrogens is 1. The number of piperazine rings is 1. The van der Waals surface area contributed by atoms with Crippen molar-refractivity contribution < 1.29 is 28.1 Å². The van der Waals surface area contributed by atoms with Gasteiger partial charge in [0.1, 0.15) is 0 Å². The van der Waals surface area contributed by atoms with Crippen LogP contribution in [0.3, 0.4) is 0 Å². The minimum atomic E-state index is -1.10. The molecular formula is C40H46ClF2N10O3+. The van der Waals surface area contributed by atoms with Gasteiger partial charge in [-0.3, -0.25) is 24.0 Å². The third-order valence-corrected chi connectivity index (χ3v) is 10.4. The Bertz CT molecular complexity index is 2250. The minimum absolute atomic E-state index is 0.0320. The van der Waals surface area contributed by atoms with E-state index in [1.165, 1.54) is 47.1 Å². The van der Waals surface area contributed by atoms with Crippen molar-refractivity contribution in [2.75, 3.05) is 57.9 Å². The summed E-state index contributed by atoms with van der Waals surface area (Å²) >= 11 is 6.55. The van der Waals surface area contributed by atoms with Crippen LogP contribution in [0.1, 0.15) is 52.1 Å². The molecule has 4 N–H and O–H groups in total. The number of nitrogens with zero attached hydrogens (tertiary/aromatic N) is 7. The average Bonchev–Trinajstić information content (AvgIpc) is 3.74. The van der Waals surface area contributed by atoms with Gasteiger partial charge in [0.2, 0.25) is 5.91 Å². The summed E-state index contributed by atoms with van der Waals surface area (Å²) in [6, 6.07) is 11.0. The number of nitrogens with two attached hydrogens (primary N) is 1. The number of aryl methyl sites for hydroxylation is 1. The second kappa shape index (κ2) is 17.0. The van der Waals surface area contributed by atoms with E-state index in [0.29, 0.717) is 61.0 Å². The molecule has 2 aromatic carbocycles. The van der Waals surface area contributed by atoms with Crippen molar-refractivity contribution in [3.63, 3.8) is 0 Å². The third-order valence-electron chi connectivity index (χ3n) is 10.1. The summed E-state index contributed by atoms with van der Waals surface area (Å²) in [7, 11) is 5.67. The number of nitrogens with one attached hydrogen (secondary N) is 2. The molecule has 1 atom stereocenters. The van der Waals surface area contributed by atoms with E-state index in [1.54, 1.807) is 47.0 Å². The van der Waals surface area contributed by atoms with Crippen LogP contribution in [0.2, 0.25) is 5.02 Å². The first-order chi connectivity index (χ1) is 26.7. The Morgan fingerprint density at radius 3 is 2.30 bits per heavy atom. The van der Waals surface area contributed by atoms with Gasteiger partial charge in [0.15, 0.2) is 17.5 Å². The fourth-order valence-electron chi connectivity index (χ4n) is 6.86. The van der Waals surface area contributed by atoms with Gasteiger partial charge >= 0.3 is 0 Å². The van der Waals surface area contributed by atoms with Crippen molar-refractivity contribution in [1.29, 1.82) is 0 Å². The Balaban J connectivity index is 1.10. The first-order valence-corrected chi connectivity index (χ1v) is 18.9. The fourth-order valence-corrected chi connectivity index (χ4v) is 7.12. The standard InChI is InChI=1S/C40H45ClF2N10O3/c1-6-25(13-14-49(3)4)39(55)51-15-17-52(18-16-51)40(56)30-10-9-27(19-33(30)41)47-38(54)37-46-21-34(50(37)5)31-12-11-29(35(42)36(31)43)32-23-53(48-24(32)2)22-28-8-7-26(44)20-45-28/h7-12,19-21,23,25H,6,13-18,22,44H2,1-5H3,(H,47,54)/p+1. The highest BCUT2D eigenvalue weighted by molar-refractivity contribution is 6.34. The number of aromatic nitrogens is 5. The Morgan fingerprint density at radius 1 is 0.946 bits per heavy atom. The smallest absolute Gasteiger partial charge is 0.291 e. The summed E-state index contributed by atoms with van der Waals surface area (Å²) in [4.78, 5) is 53.2. The first-order valence-electron chi connectivity index (χ1n) is 18.5. The lowest BCUT2D eigenvalue weighted by atomic mass is 10.00. The molecule has 0 saturated carbocycles. The largest absolute Gasteiger partial charge is 0.397 e. The number of amides is 3. The fraction of sp³-hybridized carbons (Fsp3) is 0.350. The van der Waals surface area contributed by atoms with E-state index in [0.717, 1.165) is 19.4 Å². The van der Waals surface area contributed by atoms with Crippen molar-refractivity contribution >= 4 is 40.7 Å². The molecule has 0 bridgehead atoms. The van der Waals surface area contributed by atoms with Crippen LogP contribution in [-0.2, 0) is 18.4 Å². The molecular weight excluding hydrogens is 742 g/mol. The third kappa shape index (κ3) is 8.58. The Kier molecular flexibility index (Phi) is 12.1. The van der Waals surface area contributed by atoms with Gasteiger partial charge < -0.3 is 30.3 Å². The molecule has 294 valence electrons. The number of carbonyl (C=O) groups excluding carboxylic acids is 3. The van der Waals surface area contributed by atoms with Gasteiger partial charge in [-0.1, -0.05) is 24.6 Å². The molecule has 6 rings (SSSR count). The lowest BCUT2D eigenvalue weighted by Crippen LogP contribution is -3.05. The van der Waals surface area contributed by atoms with Gasteiger partial charge in [-0.25, -0.2) is 13.8 Å². The number of carbonyl (C=O) groups is 3. The van der Waals surface area contributed by atoms with Crippen molar-refractivity contribution in [1.82, 2.24) is 34.1 Å². The highest BCUT2D eigenvalue weighted by Gasteiger charge is 2.30. The second-order valence-electron chi connectivity index (χ2n) is 14.3. The normalized spacial score (nSPS) is 13.7. The predicted molar refractivity (Wildman–Crippen MR) is 210 cm³/mol. The first kappa shape index (κ1) is 40.0. The highest BCUT2D eigenvalue weighted by Crippen LogP contribution is 2.33. The molecule has 0 radical (unpaired) electrons. The van der Waals surface area contributed by atoms with E-state index >= 15 is 8.78 Å².